The van der Waals surface area contributed by atoms with Gasteiger partial charge < -0.3 is 14.2 Å². The van der Waals surface area contributed by atoms with Crippen LogP contribution in [-0.4, -0.2) is 25.5 Å². The van der Waals surface area contributed by atoms with Gasteiger partial charge in [-0.15, -0.1) is 5.10 Å². The summed E-state index contributed by atoms with van der Waals surface area (Å²) in [7, 11) is 0. The van der Waals surface area contributed by atoms with Gasteiger partial charge in [-0.2, -0.15) is 9.78 Å². The van der Waals surface area contributed by atoms with E-state index in [9.17, 15) is 9.59 Å². The first-order valence-corrected chi connectivity index (χ1v) is 8.56. The normalized spacial score (nSPS) is 10.9. The van der Waals surface area contributed by atoms with Crippen LogP contribution in [0.2, 0.25) is 0 Å². The smallest absolute Gasteiger partial charge is 0.437 e. The monoisotopic (exact) mass is 379 g/mol. The lowest BCUT2D eigenvalue weighted by Gasteiger charge is -2.06. The number of carbonyl (C=O) groups excluding carboxylic acids is 1. The number of aryl methyl sites for hydroxylation is 1. The van der Waals surface area contributed by atoms with Crippen LogP contribution in [0.25, 0.3) is 17.3 Å². The topological polar surface area (TPSA) is 108 Å². The number of amides is 1. The molecule has 3 heterocycles. The Labute approximate surface area is 159 Å². The summed E-state index contributed by atoms with van der Waals surface area (Å²) in [5.74, 6) is -0.825. The SMILES string of the molecule is Cc1nn(-c2ccccc2)c(C)c1NC(=O)Cn1nc(-c2ccco2)oc1=O. The fourth-order valence-electron chi connectivity index (χ4n) is 2.87. The van der Waals surface area contributed by atoms with Crippen molar-refractivity contribution in [3.8, 4) is 17.3 Å². The number of nitrogens with zero attached hydrogens (tertiary/aromatic N) is 4. The van der Waals surface area contributed by atoms with Gasteiger partial charge >= 0.3 is 5.76 Å². The molecule has 0 aliphatic heterocycles. The van der Waals surface area contributed by atoms with Gasteiger partial charge in [-0.3, -0.25) is 4.79 Å². The van der Waals surface area contributed by atoms with Gasteiger partial charge in [0.2, 0.25) is 5.91 Å². The Morgan fingerprint density at radius 1 is 1.11 bits per heavy atom. The van der Waals surface area contributed by atoms with Gasteiger partial charge in [0.15, 0.2) is 5.76 Å². The lowest BCUT2D eigenvalue weighted by atomic mass is 10.3. The van der Waals surface area contributed by atoms with Crippen LogP contribution < -0.4 is 11.1 Å². The number of nitrogens with one attached hydrogen (secondary N) is 1. The Hall–Kier alpha value is -3.88. The number of carbonyl (C=O) groups is 1. The van der Waals surface area contributed by atoms with Crippen molar-refractivity contribution in [2.75, 3.05) is 5.32 Å². The number of rotatable bonds is 5. The summed E-state index contributed by atoms with van der Waals surface area (Å²) in [5.41, 5.74) is 2.93. The van der Waals surface area contributed by atoms with Gasteiger partial charge in [0, 0.05) is 0 Å². The standard InChI is InChI=1S/C19H17N5O4/c1-12-17(13(2)24(21-12)14-7-4-3-5-8-14)20-16(25)11-23-19(26)28-18(22-23)15-9-6-10-27-15/h3-10H,11H2,1-2H3,(H,20,25). The Morgan fingerprint density at radius 3 is 2.61 bits per heavy atom. The van der Waals surface area contributed by atoms with E-state index < -0.39 is 11.7 Å². The van der Waals surface area contributed by atoms with Gasteiger partial charge in [-0.1, -0.05) is 18.2 Å². The first-order valence-electron chi connectivity index (χ1n) is 8.56. The number of furan rings is 1. The predicted octanol–water partition coefficient (Wildman–Crippen LogP) is 2.54. The molecule has 9 heteroatoms. The molecule has 3 aromatic heterocycles. The average Bonchev–Trinajstić information content (AvgIpc) is 3.40. The summed E-state index contributed by atoms with van der Waals surface area (Å²) in [6.07, 6.45) is 1.44. The molecule has 28 heavy (non-hydrogen) atoms. The first kappa shape index (κ1) is 17.5. The highest BCUT2D eigenvalue weighted by Crippen LogP contribution is 2.22. The van der Waals surface area contributed by atoms with Crippen molar-refractivity contribution in [2.24, 2.45) is 0 Å². The van der Waals surface area contributed by atoms with Crippen LogP contribution in [0, 0.1) is 13.8 Å². The molecule has 142 valence electrons. The van der Waals surface area contributed by atoms with E-state index in [1.54, 1.807) is 23.7 Å². The molecule has 4 rings (SSSR count). The second kappa shape index (κ2) is 7.03. The molecule has 4 aromatic rings. The third-order valence-electron chi connectivity index (χ3n) is 4.19. The summed E-state index contributed by atoms with van der Waals surface area (Å²) < 4.78 is 12.9. The molecule has 9 nitrogen and oxygen atoms in total. The number of aromatic nitrogens is 4. The van der Waals surface area contributed by atoms with Crippen molar-refractivity contribution in [1.82, 2.24) is 19.6 Å². The van der Waals surface area contributed by atoms with Gasteiger partial charge in [0.05, 0.1) is 29.0 Å². The van der Waals surface area contributed by atoms with Crippen LogP contribution in [-0.2, 0) is 11.3 Å². The zero-order valence-corrected chi connectivity index (χ0v) is 15.2. The highest BCUT2D eigenvalue weighted by Gasteiger charge is 2.18. The minimum absolute atomic E-state index is 0.0204. The maximum absolute atomic E-state index is 12.5. The van der Waals surface area contributed by atoms with Crippen LogP contribution in [0.3, 0.4) is 0 Å². The number of hydrogen-bond donors (Lipinski definition) is 1. The van der Waals surface area contributed by atoms with E-state index in [-0.39, 0.29) is 12.4 Å². The van der Waals surface area contributed by atoms with E-state index in [0.29, 0.717) is 17.1 Å². The molecule has 0 saturated carbocycles. The molecule has 1 N–H and O–H groups in total. The first-order chi connectivity index (χ1) is 13.5. The van der Waals surface area contributed by atoms with Crippen LogP contribution in [0.5, 0.6) is 0 Å². The number of para-hydroxylation sites is 1. The summed E-state index contributed by atoms with van der Waals surface area (Å²) in [5, 5.41) is 11.3. The minimum Gasteiger partial charge on any atom is -0.459 e. The number of hydrogen-bond acceptors (Lipinski definition) is 6. The molecule has 0 bridgehead atoms. The highest BCUT2D eigenvalue weighted by atomic mass is 16.4. The molecule has 0 unspecified atom stereocenters. The fraction of sp³-hybridized carbons (Fsp3) is 0.158. The van der Waals surface area contributed by atoms with E-state index in [1.165, 1.54) is 6.26 Å². The lowest BCUT2D eigenvalue weighted by molar-refractivity contribution is -0.117. The van der Waals surface area contributed by atoms with Crippen LogP contribution >= 0.6 is 0 Å². The molecule has 0 aliphatic rings. The summed E-state index contributed by atoms with van der Waals surface area (Å²) in [4.78, 5) is 24.4. The second-order valence-corrected chi connectivity index (χ2v) is 6.15. The zero-order chi connectivity index (χ0) is 19.7. The van der Waals surface area contributed by atoms with Gasteiger partial charge in [0.25, 0.3) is 5.89 Å². The molecule has 0 spiro atoms. The molecule has 1 amide bonds. The highest BCUT2D eigenvalue weighted by molar-refractivity contribution is 5.91. The maximum Gasteiger partial charge on any atom is 0.437 e. The molecular weight excluding hydrogens is 362 g/mol. The maximum atomic E-state index is 12.5. The van der Waals surface area contributed by atoms with Crippen molar-refractivity contribution < 1.29 is 13.6 Å². The van der Waals surface area contributed by atoms with Crippen LogP contribution in [0.15, 0.2) is 62.4 Å². The lowest BCUT2D eigenvalue weighted by Crippen LogP contribution is -2.26. The predicted molar refractivity (Wildman–Crippen MR) is 100 cm³/mol. The Bertz CT molecular complexity index is 1170. The van der Waals surface area contributed by atoms with Gasteiger partial charge in [-0.25, -0.2) is 9.48 Å². The molecule has 0 aliphatic carbocycles. The van der Waals surface area contributed by atoms with Gasteiger partial charge in [0.1, 0.15) is 6.54 Å². The van der Waals surface area contributed by atoms with Crippen LogP contribution in [0.1, 0.15) is 11.4 Å². The number of anilines is 1. The fourth-order valence-corrected chi connectivity index (χ4v) is 2.87. The van der Waals surface area contributed by atoms with E-state index in [0.717, 1.165) is 16.1 Å². The summed E-state index contributed by atoms with van der Waals surface area (Å²) >= 11 is 0. The number of benzene rings is 1. The molecule has 0 saturated heterocycles. The summed E-state index contributed by atoms with van der Waals surface area (Å²) in [6.45, 7) is 3.37. The van der Waals surface area contributed by atoms with Crippen LogP contribution in [0.4, 0.5) is 5.69 Å². The van der Waals surface area contributed by atoms with E-state index in [4.69, 9.17) is 8.83 Å². The molecule has 0 radical (unpaired) electrons. The third-order valence-corrected chi connectivity index (χ3v) is 4.19. The zero-order valence-electron chi connectivity index (χ0n) is 15.2. The molecular formula is C19H17N5O4. The van der Waals surface area contributed by atoms with Crippen molar-refractivity contribution in [1.29, 1.82) is 0 Å². The van der Waals surface area contributed by atoms with Crippen molar-refractivity contribution in [2.45, 2.75) is 20.4 Å². The van der Waals surface area contributed by atoms with Crippen molar-refractivity contribution in [3.63, 3.8) is 0 Å². The Balaban J connectivity index is 1.54. The van der Waals surface area contributed by atoms with E-state index >= 15 is 0 Å². The van der Waals surface area contributed by atoms with Crippen molar-refractivity contribution in [3.05, 3.63) is 70.7 Å². The Kier molecular flexibility index (Phi) is 4.40. The second-order valence-electron chi connectivity index (χ2n) is 6.15. The third kappa shape index (κ3) is 3.25. The Morgan fingerprint density at radius 2 is 1.89 bits per heavy atom. The van der Waals surface area contributed by atoms with Crippen molar-refractivity contribution >= 4 is 11.6 Å². The average molecular weight is 379 g/mol. The molecule has 0 fully saturated rings. The molecule has 0 atom stereocenters. The molecule has 1 aromatic carbocycles. The van der Waals surface area contributed by atoms with E-state index in [2.05, 4.69) is 15.5 Å². The summed E-state index contributed by atoms with van der Waals surface area (Å²) in [6, 6.07) is 12.9. The van der Waals surface area contributed by atoms with Gasteiger partial charge in [-0.05, 0) is 38.1 Å². The van der Waals surface area contributed by atoms with E-state index in [1.807, 2.05) is 37.3 Å². The quantitative estimate of drug-likeness (QED) is 0.571. The minimum atomic E-state index is -0.741. The largest absolute Gasteiger partial charge is 0.459 e.